The van der Waals surface area contributed by atoms with E-state index in [2.05, 4.69) is 71.6 Å². The van der Waals surface area contributed by atoms with Gasteiger partial charge in [0.2, 0.25) is 0 Å². The van der Waals surface area contributed by atoms with Crippen LogP contribution in [0.2, 0.25) is 0 Å². The minimum Gasteiger partial charge on any atom is -0.379 e. The van der Waals surface area contributed by atoms with Crippen LogP contribution in [0.1, 0.15) is 32.4 Å². The number of rotatable bonds is 6. The van der Waals surface area contributed by atoms with E-state index in [1.807, 2.05) is 7.05 Å². The Kier molecular flexibility index (Phi) is 10.4. The molecule has 0 spiro atoms. The summed E-state index contributed by atoms with van der Waals surface area (Å²) in [6.07, 6.45) is 0. The summed E-state index contributed by atoms with van der Waals surface area (Å²) < 4.78 is 5.51. The molecule has 0 aromatic heterocycles. The van der Waals surface area contributed by atoms with Crippen LogP contribution in [0.4, 0.5) is 0 Å². The lowest BCUT2D eigenvalue weighted by Gasteiger charge is -2.35. The van der Waals surface area contributed by atoms with Gasteiger partial charge in [-0.3, -0.25) is 9.89 Å². The van der Waals surface area contributed by atoms with Gasteiger partial charge in [-0.25, -0.2) is 0 Å². The van der Waals surface area contributed by atoms with E-state index in [0.717, 1.165) is 38.8 Å². The molecule has 2 unspecified atom stereocenters. The van der Waals surface area contributed by atoms with Gasteiger partial charge in [0.05, 0.1) is 19.3 Å². The van der Waals surface area contributed by atoms with E-state index < -0.39 is 0 Å². The van der Waals surface area contributed by atoms with Crippen LogP contribution in [0.5, 0.6) is 0 Å². The molecule has 1 saturated heterocycles. The molecule has 5 nitrogen and oxygen atoms in total. The highest BCUT2D eigenvalue weighted by Crippen LogP contribution is 2.21. The Balaban J connectivity index is 0.00000312. The van der Waals surface area contributed by atoms with E-state index in [4.69, 9.17) is 4.74 Å². The fraction of sp³-hybridized carbons (Fsp3) is 0.632. The van der Waals surface area contributed by atoms with Crippen LogP contribution in [0.25, 0.3) is 0 Å². The van der Waals surface area contributed by atoms with Gasteiger partial charge in [0.25, 0.3) is 0 Å². The van der Waals surface area contributed by atoms with Crippen molar-refractivity contribution in [1.82, 2.24) is 15.5 Å². The summed E-state index contributed by atoms with van der Waals surface area (Å²) in [6, 6.07) is 11.4. The molecular weight excluding hydrogens is 427 g/mol. The number of benzene rings is 1. The zero-order chi connectivity index (χ0) is 17.4. The van der Waals surface area contributed by atoms with Crippen molar-refractivity contribution in [2.75, 3.05) is 39.9 Å². The van der Waals surface area contributed by atoms with Crippen LogP contribution < -0.4 is 10.6 Å². The maximum atomic E-state index is 5.51. The Morgan fingerprint density at radius 3 is 2.36 bits per heavy atom. The Morgan fingerprint density at radius 1 is 1.16 bits per heavy atom. The number of nitrogens with one attached hydrogen (secondary N) is 2. The molecule has 2 atom stereocenters. The zero-order valence-electron chi connectivity index (χ0n) is 15.9. The summed E-state index contributed by atoms with van der Waals surface area (Å²) >= 11 is 0. The topological polar surface area (TPSA) is 48.9 Å². The molecule has 142 valence electrons. The molecule has 1 fully saturated rings. The highest BCUT2D eigenvalue weighted by Gasteiger charge is 2.23. The second kappa shape index (κ2) is 11.7. The van der Waals surface area contributed by atoms with Crippen LogP contribution >= 0.6 is 24.0 Å². The monoisotopic (exact) mass is 460 g/mol. The quantitative estimate of drug-likeness (QED) is 0.390. The summed E-state index contributed by atoms with van der Waals surface area (Å²) in [4.78, 5) is 6.86. The number of hydrogen-bond donors (Lipinski definition) is 2. The largest absolute Gasteiger partial charge is 0.379 e. The highest BCUT2D eigenvalue weighted by molar-refractivity contribution is 14.0. The van der Waals surface area contributed by atoms with Crippen molar-refractivity contribution in [3.05, 3.63) is 35.9 Å². The second-order valence-corrected chi connectivity index (χ2v) is 6.70. The zero-order valence-corrected chi connectivity index (χ0v) is 18.2. The summed E-state index contributed by atoms with van der Waals surface area (Å²) in [5.41, 5.74) is 1.33. The summed E-state index contributed by atoms with van der Waals surface area (Å²) in [7, 11) is 1.83. The number of morpholine rings is 1. The summed E-state index contributed by atoms with van der Waals surface area (Å²) in [5, 5.41) is 6.98. The molecule has 2 rings (SSSR count). The lowest BCUT2D eigenvalue weighted by molar-refractivity contribution is 0.0170. The van der Waals surface area contributed by atoms with Gasteiger partial charge in [0.1, 0.15) is 0 Å². The van der Waals surface area contributed by atoms with Gasteiger partial charge in [-0.05, 0) is 18.4 Å². The van der Waals surface area contributed by atoms with E-state index in [1.54, 1.807) is 0 Å². The first-order valence-electron chi connectivity index (χ1n) is 8.95. The van der Waals surface area contributed by atoms with Crippen LogP contribution in [-0.4, -0.2) is 56.8 Å². The first-order chi connectivity index (χ1) is 11.6. The molecule has 0 amide bonds. The number of aliphatic imine (C=N–C) groups is 1. The van der Waals surface area contributed by atoms with Gasteiger partial charge >= 0.3 is 0 Å². The molecule has 1 aromatic rings. The molecule has 0 saturated carbocycles. The SMILES string of the molecule is CN=C(NCC(c1ccccc1)N1CCOCC1)NC(C)C(C)C.I. The van der Waals surface area contributed by atoms with Crippen molar-refractivity contribution in [2.45, 2.75) is 32.9 Å². The number of hydrogen-bond acceptors (Lipinski definition) is 3. The van der Waals surface area contributed by atoms with Gasteiger partial charge in [0, 0.05) is 32.7 Å². The van der Waals surface area contributed by atoms with Crippen LogP contribution in [0.15, 0.2) is 35.3 Å². The lowest BCUT2D eigenvalue weighted by atomic mass is 10.0. The van der Waals surface area contributed by atoms with E-state index >= 15 is 0 Å². The molecule has 1 aliphatic rings. The molecule has 0 radical (unpaired) electrons. The van der Waals surface area contributed by atoms with E-state index in [9.17, 15) is 0 Å². The molecule has 6 heteroatoms. The minimum absolute atomic E-state index is 0. The Hall–Kier alpha value is -0.860. The van der Waals surface area contributed by atoms with Gasteiger partial charge in [0.15, 0.2) is 5.96 Å². The first-order valence-corrected chi connectivity index (χ1v) is 8.95. The molecule has 2 N–H and O–H groups in total. The molecule has 0 aliphatic carbocycles. The van der Waals surface area contributed by atoms with Gasteiger partial charge in [-0.2, -0.15) is 0 Å². The lowest BCUT2D eigenvalue weighted by Crippen LogP contribution is -2.48. The normalized spacial score (nSPS) is 18.4. The minimum atomic E-state index is 0. The Bertz CT molecular complexity index is 503. The predicted molar refractivity (Wildman–Crippen MR) is 116 cm³/mol. The van der Waals surface area contributed by atoms with Crippen molar-refractivity contribution in [2.24, 2.45) is 10.9 Å². The van der Waals surface area contributed by atoms with Gasteiger partial charge < -0.3 is 15.4 Å². The van der Waals surface area contributed by atoms with E-state index in [-0.39, 0.29) is 24.0 Å². The fourth-order valence-corrected chi connectivity index (χ4v) is 2.79. The Morgan fingerprint density at radius 2 is 1.80 bits per heavy atom. The highest BCUT2D eigenvalue weighted by atomic mass is 127. The van der Waals surface area contributed by atoms with Crippen molar-refractivity contribution < 1.29 is 4.74 Å². The molecule has 1 aliphatic heterocycles. The van der Waals surface area contributed by atoms with E-state index in [1.165, 1.54) is 5.56 Å². The van der Waals surface area contributed by atoms with Crippen LogP contribution in [0, 0.1) is 5.92 Å². The fourth-order valence-electron chi connectivity index (χ4n) is 2.79. The van der Waals surface area contributed by atoms with Crippen LogP contribution in [-0.2, 0) is 4.74 Å². The van der Waals surface area contributed by atoms with E-state index in [0.29, 0.717) is 18.0 Å². The average Bonchev–Trinajstić information content (AvgIpc) is 2.62. The van der Waals surface area contributed by atoms with Crippen molar-refractivity contribution in [1.29, 1.82) is 0 Å². The third kappa shape index (κ3) is 7.11. The second-order valence-electron chi connectivity index (χ2n) is 6.70. The maximum absolute atomic E-state index is 5.51. The number of nitrogens with zero attached hydrogens (tertiary/aromatic N) is 2. The summed E-state index contributed by atoms with van der Waals surface area (Å²) in [6.45, 7) is 11.0. The van der Waals surface area contributed by atoms with Crippen molar-refractivity contribution in [3.63, 3.8) is 0 Å². The molecule has 0 bridgehead atoms. The molecular formula is C19H33IN4O. The predicted octanol–water partition coefficient (Wildman–Crippen LogP) is 2.89. The van der Waals surface area contributed by atoms with Crippen molar-refractivity contribution >= 4 is 29.9 Å². The van der Waals surface area contributed by atoms with Crippen LogP contribution in [0.3, 0.4) is 0 Å². The van der Waals surface area contributed by atoms with Crippen molar-refractivity contribution in [3.8, 4) is 0 Å². The number of ether oxygens (including phenoxy) is 1. The number of halogens is 1. The summed E-state index contributed by atoms with van der Waals surface area (Å²) in [5.74, 6) is 1.43. The average molecular weight is 460 g/mol. The smallest absolute Gasteiger partial charge is 0.191 e. The Labute approximate surface area is 169 Å². The number of guanidine groups is 1. The standard InChI is InChI=1S/C19H32N4O.HI/c1-15(2)16(3)22-19(20-4)21-14-18(17-8-6-5-7-9-17)23-10-12-24-13-11-23;/h5-9,15-16,18H,10-14H2,1-4H3,(H2,20,21,22);1H. The molecule has 1 heterocycles. The first kappa shape index (κ1) is 22.2. The molecule has 25 heavy (non-hydrogen) atoms. The maximum Gasteiger partial charge on any atom is 0.191 e. The van der Waals surface area contributed by atoms with Gasteiger partial charge in [-0.1, -0.05) is 44.2 Å². The third-order valence-electron chi connectivity index (χ3n) is 4.72. The van der Waals surface area contributed by atoms with Gasteiger partial charge in [-0.15, -0.1) is 24.0 Å². The third-order valence-corrected chi connectivity index (χ3v) is 4.72. The molecule has 1 aromatic carbocycles.